The average Bonchev–Trinajstić information content (AvgIpc) is 3.03. The molecule has 0 saturated carbocycles. The van der Waals surface area contributed by atoms with Crippen molar-refractivity contribution in [3.63, 3.8) is 0 Å². The number of likely N-dealkylation sites (N-methyl/N-ethyl adjacent to an activating group) is 1. The van der Waals surface area contributed by atoms with Crippen molar-refractivity contribution in [3.8, 4) is 12.3 Å². The first-order valence-corrected chi connectivity index (χ1v) is 9.33. The molecule has 1 unspecified atom stereocenters. The molecular weight excluding hydrogens is 358 g/mol. The highest BCUT2D eigenvalue weighted by atomic mass is 16.5. The predicted octanol–water partition coefficient (Wildman–Crippen LogP) is -0.525. The lowest BCUT2D eigenvalue weighted by molar-refractivity contribution is -0.130. The lowest BCUT2D eigenvalue weighted by Crippen LogP contribution is -2.57. The van der Waals surface area contributed by atoms with Crippen LogP contribution in [0, 0.1) is 18.3 Å². The number of hydrogen-bond acceptors (Lipinski definition) is 7. The second-order valence-electron chi connectivity index (χ2n) is 7.25. The summed E-state index contributed by atoms with van der Waals surface area (Å²) in [5, 5.41) is 7.55. The number of hydrazine groups is 1. The van der Waals surface area contributed by atoms with Crippen molar-refractivity contribution in [1.82, 2.24) is 20.5 Å². The molecule has 3 rings (SSSR count). The molecule has 0 radical (unpaired) electrons. The number of carbonyl (C=O) groups is 2. The SMILES string of the molecule is C#C[C@H]1CN(C(=O)C2=C(OC)C=C3C(C2)C(C(=O)CNC)=CN3N)[C@H](C)CN1. The maximum absolute atomic E-state index is 13.4. The molecule has 150 valence electrons. The summed E-state index contributed by atoms with van der Waals surface area (Å²) in [6.07, 6.45) is 9.29. The van der Waals surface area contributed by atoms with Crippen LogP contribution < -0.4 is 16.5 Å². The molecule has 8 heteroatoms. The fraction of sp³-hybridized carbons (Fsp3) is 0.500. The van der Waals surface area contributed by atoms with E-state index in [9.17, 15) is 9.59 Å². The minimum absolute atomic E-state index is 0.00334. The van der Waals surface area contributed by atoms with Gasteiger partial charge in [-0.05, 0) is 20.4 Å². The Labute approximate surface area is 165 Å². The van der Waals surface area contributed by atoms with E-state index in [0.29, 0.717) is 36.4 Å². The molecule has 3 aliphatic rings. The zero-order valence-corrected chi connectivity index (χ0v) is 16.5. The van der Waals surface area contributed by atoms with Gasteiger partial charge >= 0.3 is 0 Å². The Kier molecular flexibility index (Phi) is 5.89. The number of terminal acetylenes is 1. The van der Waals surface area contributed by atoms with E-state index < -0.39 is 0 Å². The number of nitrogens with two attached hydrogens (primary N) is 1. The summed E-state index contributed by atoms with van der Waals surface area (Å²) in [6.45, 7) is 3.26. The van der Waals surface area contributed by atoms with E-state index in [1.807, 2.05) is 6.92 Å². The minimum atomic E-state index is -0.259. The van der Waals surface area contributed by atoms with Gasteiger partial charge in [-0.2, -0.15) is 0 Å². The average molecular weight is 385 g/mol. The van der Waals surface area contributed by atoms with E-state index in [-0.39, 0.29) is 36.2 Å². The van der Waals surface area contributed by atoms with Crippen LogP contribution in [-0.4, -0.2) is 67.5 Å². The van der Waals surface area contributed by atoms with Gasteiger partial charge in [-0.25, -0.2) is 5.84 Å². The Morgan fingerprint density at radius 1 is 1.50 bits per heavy atom. The number of fused-ring (bicyclic) bond motifs is 1. The van der Waals surface area contributed by atoms with Gasteiger partial charge in [0, 0.05) is 48.6 Å². The molecule has 28 heavy (non-hydrogen) atoms. The zero-order chi connectivity index (χ0) is 20.4. The van der Waals surface area contributed by atoms with E-state index in [1.165, 1.54) is 12.1 Å². The number of carbonyl (C=O) groups excluding carboxylic acids is 2. The van der Waals surface area contributed by atoms with Gasteiger partial charge in [0.25, 0.3) is 5.91 Å². The van der Waals surface area contributed by atoms with E-state index in [4.69, 9.17) is 17.0 Å². The van der Waals surface area contributed by atoms with Gasteiger partial charge in [-0.3, -0.25) is 14.6 Å². The summed E-state index contributed by atoms with van der Waals surface area (Å²) < 4.78 is 5.50. The first kappa shape index (κ1) is 20.1. The number of piperazine rings is 1. The Morgan fingerprint density at radius 2 is 2.25 bits per heavy atom. The maximum Gasteiger partial charge on any atom is 0.253 e. The Bertz CT molecular complexity index is 807. The summed E-state index contributed by atoms with van der Waals surface area (Å²) in [6, 6.07) is -0.177. The lowest BCUT2D eigenvalue weighted by atomic mass is 9.84. The number of nitrogens with one attached hydrogen (secondary N) is 2. The van der Waals surface area contributed by atoms with Gasteiger partial charge in [-0.15, -0.1) is 6.42 Å². The molecular formula is C20H27N5O3. The van der Waals surface area contributed by atoms with Crippen LogP contribution in [0.3, 0.4) is 0 Å². The molecule has 0 bridgehead atoms. The number of ether oxygens (including phenoxy) is 1. The number of nitrogens with zero attached hydrogens (tertiary/aromatic N) is 2. The van der Waals surface area contributed by atoms with Crippen LogP contribution in [0.25, 0.3) is 0 Å². The van der Waals surface area contributed by atoms with Crippen molar-refractivity contribution in [3.05, 3.63) is 34.9 Å². The van der Waals surface area contributed by atoms with Crippen molar-refractivity contribution >= 4 is 11.7 Å². The number of Topliss-reactive ketones (excluding diaryl/α,β-unsaturated/α-hetero) is 1. The first-order chi connectivity index (χ1) is 13.4. The minimum Gasteiger partial charge on any atom is -0.496 e. The highest BCUT2D eigenvalue weighted by Gasteiger charge is 2.40. The fourth-order valence-corrected chi connectivity index (χ4v) is 3.91. The maximum atomic E-state index is 13.4. The van der Waals surface area contributed by atoms with Gasteiger partial charge in [0.2, 0.25) is 0 Å². The van der Waals surface area contributed by atoms with Crippen molar-refractivity contribution in [2.24, 2.45) is 11.8 Å². The fourth-order valence-electron chi connectivity index (χ4n) is 3.91. The van der Waals surface area contributed by atoms with E-state index in [1.54, 1.807) is 24.2 Å². The first-order valence-electron chi connectivity index (χ1n) is 9.33. The molecule has 8 nitrogen and oxygen atoms in total. The van der Waals surface area contributed by atoms with Gasteiger partial charge < -0.3 is 20.3 Å². The molecule has 1 amide bonds. The molecule has 0 aromatic rings. The van der Waals surface area contributed by atoms with Gasteiger partial charge in [0.15, 0.2) is 5.78 Å². The smallest absolute Gasteiger partial charge is 0.253 e. The summed E-state index contributed by atoms with van der Waals surface area (Å²) >= 11 is 0. The van der Waals surface area contributed by atoms with Crippen molar-refractivity contribution in [2.45, 2.75) is 25.4 Å². The van der Waals surface area contributed by atoms with Crippen LogP contribution in [0.5, 0.6) is 0 Å². The molecule has 4 N–H and O–H groups in total. The quantitative estimate of drug-likeness (QED) is 0.432. The Morgan fingerprint density at radius 3 is 2.89 bits per heavy atom. The largest absolute Gasteiger partial charge is 0.496 e. The third kappa shape index (κ3) is 3.56. The summed E-state index contributed by atoms with van der Waals surface area (Å²) in [4.78, 5) is 27.6. The highest BCUT2D eigenvalue weighted by Crippen LogP contribution is 2.40. The van der Waals surface area contributed by atoms with Crippen LogP contribution in [-0.2, 0) is 14.3 Å². The number of hydrogen-bond donors (Lipinski definition) is 3. The topological polar surface area (TPSA) is 99.9 Å². The van der Waals surface area contributed by atoms with Crippen molar-refractivity contribution < 1.29 is 14.3 Å². The van der Waals surface area contributed by atoms with E-state index >= 15 is 0 Å². The molecule has 2 heterocycles. The van der Waals surface area contributed by atoms with E-state index in [0.717, 1.165) is 5.70 Å². The van der Waals surface area contributed by atoms with Crippen molar-refractivity contribution in [1.29, 1.82) is 0 Å². The summed E-state index contributed by atoms with van der Waals surface area (Å²) in [5.41, 5.74) is 1.89. The zero-order valence-electron chi connectivity index (χ0n) is 16.5. The normalized spacial score (nSPS) is 27.0. The monoisotopic (exact) mass is 385 g/mol. The van der Waals surface area contributed by atoms with Gasteiger partial charge in [-0.1, -0.05) is 5.92 Å². The third-order valence-corrected chi connectivity index (χ3v) is 5.46. The number of allylic oxidation sites excluding steroid dienone is 2. The second kappa shape index (κ2) is 8.19. The third-order valence-electron chi connectivity index (χ3n) is 5.46. The Balaban J connectivity index is 1.90. The molecule has 0 spiro atoms. The number of rotatable bonds is 5. The van der Waals surface area contributed by atoms with Crippen LogP contribution in [0.2, 0.25) is 0 Å². The molecule has 0 aromatic carbocycles. The molecule has 1 aliphatic carbocycles. The van der Waals surface area contributed by atoms with Gasteiger partial charge in [0.1, 0.15) is 5.76 Å². The molecule has 1 saturated heterocycles. The van der Waals surface area contributed by atoms with Crippen LogP contribution in [0.1, 0.15) is 13.3 Å². The number of ketones is 1. The van der Waals surface area contributed by atoms with Crippen LogP contribution in [0.4, 0.5) is 0 Å². The standard InChI is InChI=1S/C20H27N5O3/c1-5-13-10-24(12(2)8-23-13)20(27)15-6-14-16(18(26)9-22-3)11-25(21)17(14)7-19(15)28-4/h1,7,11-14,22-23H,6,8-10,21H2,2-4H3/t12-,13+,14?/m1/s1. The molecule has 3 atom stereocenters. The number of methoxy groups -OCH3 is 1. The second-order valence-corrected chi connectivity index (χ2v) is 7.25. The lowest BCUT2D eigenvalue weighted by Gasteiger charge is -2.38. The summed E-state index contributed by atoms with van der Waals surface area (Å²) in [5.74, 6) is 8.80. The van der Waals surface area contributed by atoms with Crippen LogP contribution in [0.15, 0.2) is 34.9 Å². The number of amides is 1. The molecule has 2 aliphatic heterocycles. The molecule has 0 aromatic heterocycles. The van der Waals surface area contributed by atoms with E-state index in [2.05, 4.69) is 16.6 Å². The van der Waals surface area contributed by atoms with Crippen LogP contribution >= 0.6 is 0 Å². The Hall–Kier alpha value is -2.60. The van der Waals surface area contributed by atoms with Gasteiger partial charge in [0.05, 0.1) is 25.3 Å². The predicted molar refractivity (Wildman–Crippen MR) is 105 cm³/mol. The molecule has 1 fully saturated rings. The summed E-state index contributed by atoms with van der Waals surface area (Å²) in [7, 11) is 3.25. The highest BCUT2D eigenvalue weighted by molar-refractivity contribution is 6.00. The van der Waals surface area contributed by atoms with Crippen molar-refractivity contribution in [2.75, 3.05) is 33.8 Å².